The molecule has 2 aliphatic carbocycles. The number of carbonyl (C=O) groups excluding carboxylic acids is 1. The van der Waals surface area contributed by atoms with Crippen molar-refractivity contribution in [2.24, 2.45) is 5.92 Å². The third-order valence-corrected chi connectivity index (χ3v) is 8.58. The van der Waals surface area contributed by atoms with Crippen molar-refractivity contribution >= 4 is 29.2 Å². The molecule has 1 heterocycles. The van der Waals surface area contributed by atoms with Gasteiger partial charge in [-0.15, -0.1) is 0 Å². The van der Waals surface area contributed by atoms with E-state index in [1.807, 2.05) is 24.3 Å². The first-order valence-corrected chi connectivity index (χ1v) is 13.4. The van der Waals surface area contributed by atoms with Gasteiger partial charge >= 0.3 is 5.97 Å². The summed E-state index contributed by atoms with van der Waals surface area (Å²) in [6.45, 7) is 2.33. The average molecular weight is 511 g/mol. The molecule has 1 aliphatic heterocycles. The Bertz CT molecular complexity index is 1160. The largest absolute Gasteiger partial charge is 0.490 e. The summed E-state index contributed by atoms with van der Waals surface area (Å²) in [6, 6.07) is 11.9. The highest BCUT2D eigenvalue weighted by atomic mass is 35.5. The number of halogens is 1. The van der Waals surface area contributed by atoms with E-state index in [9.17, 15) is 14.7 Å². The molecule has 1 N–H and O–H groups in total. The first kappa shape index (κ1) is 24.9. The molecule has 36 heavy (non-hydrogen) atoms. The number of hydrogen-bond acceptors (Lipinski definition) is 4. The smallest absolute Gasteiger partial charge is 0.311 e. The molecule has 3 aliphatic rings. The first-order chi connectivity index (χ1) is 17.3. The summed E-state index contributed by atoms with van der Waals surface area (Å²) in [5.41, 5.74) is 4.07. The molecule has 0 aromatic heterocycles. The number of anilines is 1. The van der Waals surface area contributed by atoms with E-state index in [1.54, 1.807) is 14.1 Å². The van der Waals surface area contributed by atoms with Crippen LogP contribution in [0.5, 0.6) is 5.75 Å². The lowest BCUT2D eigenvalue weighted by molar-refractivity contribution is -0.142. The van der Waals surface area contributed by atoms with Crippen molar-refractivity contribution < 1.29 is 19.4 Å². The van der Waals surface area contributed by atoms with Gasteiger partial charge in [-0.2, -0.15) is 0 Å². The van der Waals surface area contributed by atoms with Crippen molar-refractivity contribution in [3.63, 3.8) is 0 Å². The van der Waals surface area contributed by atoms with Crippen LogP contribution in [0.25, 0.3) is 0 Å². The number of aryl methyl sites for hydroxylation is 1. The molecule has 0 bridgehead atoms. The lowest BCUT2D eigenvalue weighted by Crippen LogP contribution is -2.47. The van der Waals surface area contributed by atoms with Gasteiger partial charge in [0.05, 0.1) is 18.2 Å². The number of amides is 1. The summed E-state index contributed by atoms with van der Waals surface area (Å²) >= 11 is 6.34. The minimum Gasteiger partial charge on any atom is -0.490 e. The Morgan fingerprint density at radius 2 is 2.00 bits per heavy atom. The molecule has 1 fully saturated rings. The van der Waals surface area contributed by atoms with Crippen LogP contribution in [0.1, 0.15) is 61.1 Å². The van der Waals surface area contributed by atoms with Gasteiger partial charge in [-0.3, -0.25) is 9.59 Å². The predicted molar refractivity (Wildman–Crippen MR) is 141 cm³/mol. The molecule has 1 spiro atoms. The van der Waals surface area contributed by atoms with Gasteiger partial charge in [-0.25, -0.2) is 0 Å². The lowest BCUT2D eigenvalue weighted by Gasteiger charge is -2.42. The van der Waals surface area contributed by atoms with Crippen molar-refractivity contribution in [2.45, 2.75) is 56.3 Å². The van der Waals surface area contributed by atoms with Gasteiger partial charge in [0.25, 0.3) is 0 Å². The number of benzene rings is 2. The summed E-state index contributed by atoms with van der Waals surface area (Å²) < 4.78 is 6.51. The van der Waals surface area contributed by atoms with E-state index >= 15 is 0 Å². The van der Waals surface area contributed by atoms with Crippen LogP contribution in [0, 0.1) is 5.92 Å². The van der Waals surface area contributed by atoms with Gasteiger partial charge in [-0.05, 0) is 79.0 Å². The second-order valence-electron chi connectivity index (χ2n) is 11.0. The fraction of sp³-hybridized carbons (Fsp3) is 0.517. The molecular weight excluding hydrogens is 476 g/mol. The van der Waals surface area contributed by atoms with Crippen molar-refractivity contribution in [2.75, 3.05) is 38.7 Å². The van der Waals surface area contributed by atoms with Crippen molar-refractivity contribution in [1.82, 2.24) is 4.90 Å². The SMILES string of the molecule is CN(C)C(=O)C[C@@H](C(=O)O)c1ccc2c(c1)N(CC1CCC1)C[C@@]1(CCCc3cc(Cl)ccc31)CO2. The van der Waals surface area contributed by atoms with Gasteiger partial charge in [0, 0.05) is 44.0 Å². The fourth-order valence-corrected chi connectivity index (χ4v) is 6.23. The number of carbonyl (C=O) groups is 2. The molecule has 192 valence electrons. The minimum absolute atomic E-state index is 0.0668. The van der Waals surface area contributed by atoms with E-state index in [0.29, 0.717) is 18.1 Å². The second kappa shape index (κ2) is 9.97. The number of ether oxygens (including phenoxy) is 1. The van der Waals surface area contributed by atoms with Crippen LogP contribution >= 0.6 is 11.6 Å². The maximum atomic E-state index is 12.4. The quantitative estimate of drug-likeness (QED) is 0.574. The zero-order valence-corrected chi connectivity index (χ0v) is 21.9. The molecule has 1 saturated carbocycles. The molecule has 2 atom stereocenters. The number of carboxylic acids is 1. The second-order valence-corrected chi connectivity index (χ2v) is 11.4. The minimum atomic E-state index is -0.986. The van der Waals surface area contributed by atoms with E-state index in [1.165, 1.54) is 35.3 Å². The lowest BCUT2D eigenvalue weighted by atomic mass is 9.70. The Kier molecular flexibility index (Phi) is 6.90. The van der Waals surface area contributed by atoms with E-state index in [4.69, 9.17) is 16.3 Å². The average Bonchev–Trinajstić information content (AvgIpc) is 2.96. The van der Waals surface area contributed by atoms with Gasteiger partial charge in [0.1, 0.15) is 5.75 Å². The maximum absolute atomic E-state index is 12.4. The molecular formula is C29H35ClN2O4. The van der Waals surface area contributed by atoms with E-state index in [0.717, 1.165) is 48.8 Å². The van der Waals surface area contributed by atoms with Crippen LogP contribution in [-0.4, -0.2) is 55.7 Å². The van der Waals surface area contributed by atoms with Gasteiger partial charge in [0.2, 0.25) is 5.91 Å². The standard InChI is InChI=1S/C29H35ClN2O4/c1-31(2)27(33)15-23(28(34)35)20-8-11-26-25(14-20)32(16-19-5-3-6-19)17-29(18-36-26)12-4-7-21-13-22(30)9-10-24(21)29/h8-11,13-14,19,23H,3-7,12,15-18H2,1-2H3,(H,34,35)/t23-,29+/m1/s1. The van der Waals surface area contributed by atoms with E-state index < -0.39 is 11.9 Å². The summed E-state index contributed by atoms with van der Waals surface area (Å²) in [7, 11) is 3.31. The highest BCUT2D eigenvalue weighted by Gasteiger charge is 2.42. The molecule has 0 radical (unpaired) electrons. The van der Waals surface area contributed by atoms with Crippen molar-refractivity contribution in [3.8, 4) is 5.75 Å². The summed E-state index contributed by atoms with van der Waals surface area (Å²) in [4.78, 5) is 28.5. The molecule has 0 unspecified atom stereocenters. The van der Waals surface area contributed by atoms with Crippen LogP contribution in [0.3, 0.4) is 0 Å². The number of carboxylic acid groups (broad SMARTS) is 1. The van der Waals surface area contributed by atoms with Crippen molar-refractivity contribution in [3.05, 3.63) is 58.1 Å². The van der Waals surface area contributed by atoms with Crippen LogP contribution in [-0.2, 0) is 21.4 Å². The Morgan fingerprint density at radius 1 is 1.19 bits per heavy atom. The molecule has 7 heteroatoms. The summed E-state index contributed by atoms with van der Waals surface area (Å²) in [5, 5.41) is 10.7. The van der Waals surface area contributed by atoms with Crippen LogP contribution in [0.15, 0.2) is 36.4 Å². The van der Waals surface area contributed by atoms with Crippen molar-refractivity contribution in [1.29, 1.82) is 0 Å². The molecule has 1 amide bonds. The number of hydrogen-bond donors (Lipinski definition) is 1. The van der Waals surface area contributed by atoms with Crippen LogP contribution in [0.4, 0.5) is 5.69 Å². The Labute approximate surface area is 218 Å². The third kappa shape index (κ3) is 4.80. The summed E-state index contributed by atoms with van der Waals surface area (Å²) in [6.07, 6.45) is 6.80. The topological polar surface area (TPSA) is 70.1 Å². The summed E-state index contributed by atoms with van der Waals surface area (Å²) in [5.74, 6) is -0.656. The Balaban J connectivity index is 1.53. The maximum Gasteiger partial charge on any atom is 0.311 e. The highest BCUT2D eigenvalue weighted by molar-refractivity contribution is 6.30. The fourth-order valence-electron chi connectivity index (χ4n) is 6.04. The van der Waals surface area contributed by atoms with E-state index in [2.05, 4.69) is 17.0 Å². The van der Waals surface area contributed by atoms with Gasteiger partial charge in [0.15, 0.2) is 0 Å². The number of fused-ring (bicyclic) bond motifs is 3. The highest BCUT2D eigenvalue weighted by Crippen LogP contribution is 2.46. The van der Waals surface area contributed by atoms with Crippen LogP contribution < -0.4 is 9.64 Å². The molecule has 2 aromatic rings. The monoisotopic (exact) mass is 510 g/mol. The normalized spacial score (nSPS) is 22.0. The Hall–Kier alpha value is -2.73. The van der Waals surface area contributed by atoms with Crippen LogP contribution in [0.2, 0.25) is 5.02 Å². The molecule has 6 nitrogen and oxygen atoms in total. The zero-order valence-electron chi connectivity index (χ0n) is 21.1. The Morgan fingerprint density at radius 3 is 2.69 bits per heavy atom. The zero-order chi connectivity index (χ0) is 25.4. The first-order valence-electron chi connectivity index (χ1n) is 13.0. The van der Waals surface area contributed by atoms with Gasteiger partial charge < -0.3 is 19.6 Å². The number of nitrogens with zero attached hydrogens (tertiary/aromatic N) is 2. The van der Waals surface area contributed by atoms with Gasteiger partial charge in [-0.1, -0.05) is 30.2 Å². The molecule has 2 aromatic carbocycles. The number of aliphatic carboxylic acids is 1. The molecule has 5 rings (SSSR count). The predicted octanol–water partition coefficient (Wildman–Crippen LogP) is 5.26. The molecule has 0 saturated heterocycles. The van der Waals surface area contributed by atoms with E-state index in [-0.39, 0.29) is 17.7 Å². The third-order valence-electron chi connectivity index (χ3n) is 8.34. The number of rotatable bonds is 6.